The third-order valence-electron chi connectivity index (χ3n) is 5.02. The van der Waals surface area contributed by atoms with Crippen molar-refractivity contribution in [3.63, 3.8) is 0 Å². The van der Waals surface area contributed by atoms with Crippen molar-refractivity contribution in [1.82, 2.24) is 15.2 Å². The standard InChI is InChI=1S/C17H25N3O/c1-2-17(7-10-18-11-8-17)16(21)20(15-5-6-15)13-14-4-3-9-19-12-14/h3-4,9,12,15,18H,2,5-8,10-11,13H2,1H3. The molecule has 0 atom stereocenters. The number of pyridine rings is 1. The molecule has 2 aliphatic rings. The molecule has 1 amide bonds. The molecule has 0 spiro atoms. The molecule has 0 unspecified atom stereocenters. The van der Waals surface area contributed by atoms with Crippen molar-refractivity contribution >= 4 is 5.91 Å². The fourth-order valence-corrected chi connectivity index (χ4v) is 3.37. The number of nitrogens with one attached hydrogen (secondary N) is 1. The highest BCUT2D eigenvalue weighted by Gasteiger charge is 2.44. The molecular weight excluding hydrogens is 262 g/mol. The van der Waals surface area contributed by atoms with Crippen molar-refractivity contribution in [2.45, 2.75) is 51.6 Å². The van der Waals surface area contributed by atoms with Crippen LogP contribution in [0.25, 0.3) is 0 Å². The van der Waals surface area contributed by atoms with Crippen molar-refractivity contribution in [2.75, 3.05) is 13.1 Å². The molecule has 114 valence electrons. The molecule has 21 heavy (non-hydrogen) atoms. The number of hydrogen-bond acceptors (Lipinski definition) is 3. The average molecular weight is 287 g/mol. The molecule has 0 radical (unpaired) electrons. The first-order chi connectivity index (χ1) is 10.2. The molecule has 1 aromatic rings. The van der Waals surface area contributed by atoms with Crippen LogP contribution in [-0.4, -0.2) is 34.9 Å². The molecule has 0 bridgehead atoms. The van der Waals surface area contributed by atoms with Crippen LogP contribution in [0.3, 0.4) is 0 Å². The minimum absolute atomic E-state index is 0.143. The molecule has 1 saturated heterocycles. The first-order valence-electron chi connectivity index (χ1n) is 8.16. The van der Waals surface area contributed by atoms with Crippen LogP contribution in [0.5, 0.6) is 0 Å². The number of carbonyl (C=O) groups excluding carboxylic acids is 1. The summed E-state index contributed by atoms with van der Waals surface area (Å²) in [6.07, 6.45) is 8.87. The van der Waals surface area contributed by atoms with Gasteiger partial charge >= 0.3 is 0 Å². The molecule has 3 rings (SSSR count). The third-order valence-corrected chi connectivity index (χ3v) is 5.02. The van der Waals surface area contributed by atoms with E-state index in [9.17, 15) is 4.79 Å². The van der Waals surface area contributed by atoms with E-state index >= 15 is 0 Å². The van der Waals surface area contributed by atoms with Crippen LogP contribution in [0.15, 0.2) is 24.5 Å². The third kappa shape index (κ3) is 3.10. The summed E-state index contributed by atoms with van der Waals surface area (Å²) in [4.78, 5) is 19.5. The molecular formula is C17H25N3O. The molecule has 1 N–H and O–H groups in total. The molecule has 1 aliphatic heterocycles. The van der Waals surface area contributed by atoms with E-state index in [4.69, 9.17) is 0 Å². The summed E-state index contributed by atoms with van der Waals surface area (Å²) in [5.74, 6) is 0.373. The van der Waals surface area contributed by atoms with E-state index in [1.165, 1.54) is 0 Å². The number of nitrogens with zero attached hydrogens (tertiary/aromatic N) is 2. The first kappa shape index (κ1) is 14.5. The first-order valence-corrected chi connectivity index (χ1v) is 8.16. The van der Waals surface area contributed by atoms with Crippen molar-refractivity contribution in [1.29, 1.82) is 0 Å². The second-order valence-electron chi connectivity index (χ2n) is 6.41. The SMILES string of the molecule is CCC1(C(=O)N(Cc2cccnc2)C2CC2)CCNCC1. The van der Waals surface area contributed by atoms with Gasteiger partial charge in [-0.25, -0.2) is 0 Å². The van der Waals surface area contributed by atoms with Crippen LogP contribution in [-0.2, 0) is 11.3 Å². The second-order valence-corrected chi connectivity index (χ2v) is 6.41. The van der Waals surface area contributed by atoms with Gasteiger partial charge in [-0.3, -0.25) is 9.78 Å². The lowest BCUT2D eigenvalue weighted by molar-refractivity contribution is -0.145. The Morgan fingerprint density at radius 2 is 2.19 bits per heavy atom. The minimum Gasteiger partial charge on any atom is -0.335 e. The monoisotopic (exact) mass is 287 g/mol. The molecule has 1 aromatic heterocycles. The highest BCUT2D eigenvalue weighted by molar-refractivity contribution is 5.83. The van der Waals surface area contributed by atoms with Gasteiger partial charge in [0.25, 0.3) is 0 Å². The van der Waals surface area contributed by atoms with Crippen LogP contribution in [0.4, 0.5) is 0 Å². The minimum atomic E-state index is -0.143. The van der Waals surface area contributed by atoms with E-state index < -0.39 is 0 Å². The number of aromatic nitrogens is 1. The lowest BCUT2D eigenvalue weighted by atomic mass is 9.75. The van der Waals surface area contributed by atoms with Crippen molar-refractivity contribution in [3.8, 4) is 0 Å². The fourth-order valence-electron chi connectivity index (χ4n) is 3.37. The zero-order valence-electron chi connectivity index (χ0n) is 12.8. The van der Waals surface area contributed by atoms with Gasteiger partial charge in [0.1, 0.15) is 0 Å². The van der Waals surface area contributed by atoms with E-state index in [1.807, 2.05) is 12.3 Å². The number of amides is 1. The fraction of sp³-hybridized carbons (Fsp3) is 0.647. The second kappa shape index (κ2) is 6.14. The van der Waals surface area contributed by atoms with Gasteiger partial charge in [0.2, 0.25) is 5.91 Å². The lowest BCUT2D eigenvalue weighted by Crippen LogP contribution is -2.49. The maximum atomic E-state index is 13.2. The van der Waals surface area contributed by atoms with Gasteiger partial charge in [0.15, 0.2) is 0 Å². The van der Waals surface area contributed by atoms with Crippen molar-refractivity contribution in [2.24, 2.45) is 5.41 Å². The summed E-state index contributed by atoms with van der Waals surface area (Å²) in [6.45, 7) is 4.81. The molecule has 0 aromatic carbocycles. The number of hydrogen-bond donors (Lipinski definition) is 1. The summed E-state index contributed by atoms with van der Waals surface area (Å²) in [5, 5.41) is 3.38. The average Bonchev–Trinajstić information content (AvgIpc) is 3.38. The van der Waals surface area contributed by atoms with Gasteiger partial charge in [0, 0.05) is 25.0 Å². The summed E-state index contributed by atoms with van der Waals surface area (Å²) < 4.78 is 0. The Labute approximate surface area is 126 Å². The smallest absolute Gasteiger partial charge is 0.229 e. The topological polar surface area (TPSA) is 45.2 Å². The Morgan fingerprint density at radius 1 is 1.43 bits per heavy atom. The quantitative estimate of drug-likeness (QED) is 0.904. The maximum Gasteiger partial charge on any atom is 0.229 e. The zero-order chi connectivity index (χ0) is 14.7. The van der Waals surface area contributed by atoms with Gasteiger partial charge in [-0.1, -0.05) is 13.0 Å². The van der Waals surface area contributed by atoms with E-state index in [0.29, 0.717) is 18.5 Å². The van der Waals surface area contributed by atoms with Gasteiger partial charge in [-0.15, -0.1) is 0 Å². The molecule has 4 heteroatoms. The number of piperidine rings is 1. The van der Waals surface area contributed by atoms with Gasteiger partial charge in [-0.05, 0) is 56.8 Å². The van der Waals surface area contributed by atoms with Crippen LogP contribution in [0.1, 0.15) is 44.6 Å². The summed E-state index contributed by atoms with van der Waals surface area (Å²) in [7, 11) is 0. The van der Waals surface area contributed by atoms with Crippen LogP contribution < -0.4 is 5.32 Å². The molecule has 1 aliphatic carbocycles. The van der Waals surface area contributed by atoms with E-state index in [0.717, 1.165) is 50.8 Å². The van der Waals surface area contributed by atoms with Crippen molar-refractivity contribution < 1.29 is 4.79 Å². The van der Waals surface area contributed by atoms with Crippen molar-refractivity contribution in [3.05, 3.63) is 30.1 Å². The highest BCUT2D eigenvalue weighted by atomic mass is 16.2. The lowest BCUT2D eigenvalue weighted by Gasteiger charge is -2.39. The Morgan fingerprint density at radius 3 is 2.76 bits per heavy atom. The predicted molar refractivity (Wildman–Crippen MR) is 82.6 cm³/mol. The van der Waals surface area contributed by atoms with E-state index in [-0.39, 0.29) is 5.41 Å². The Kier molecular flexibility index (Phi) is 4.24. The summed E-state index contributed by atoms with van der Waals surface area (Å²) in [5.41, 5.74) is 0.994. The van der Waals surface area contributed by atoms with Gasteiger partial charge in [0.05, 0.1) is 5.41 Å². The largest absolute Gasteiger partial charge is 0.335 e. The van der Waals surface area contributed by atoms with Crippen LogP contribution >= 0.6 is 0 Å². The number of carbonyl (C=O) groups is 1. The molecule has 2 fully saturated rings. The zero-order valence-corrected chi connectivity index (χ0v) is 12.8. The van der Waals surface area contributed by atoms with Gasteiger partial charge in [-0.2, -0.15) is 0 Å². The highest BCUT2D eigenvalue weighted by Crippen LogP contribution is 2.39. The Balaban J connectivity index is 1.78. The Hall–Kier alpha value is -1.42. The van der Waals surface area contributed by atoms with E-state index in [2.05, 4.69) is 28.2 Å². The van der Waals surface area contributed by atoms with Crippen LogP contribution in [0, 0.1) is 5.41 Å². The normalized spacial score (nSPS) is 21.0. The predicted octanol–water partition coefficient (Wildman–Crippen LogP) is 2.35. The molecule has 2 heterocycles. The van der Waals surface area contributed by atoms with Crippen LogP contribution in [0.2, 0.25) is 0 Å². The Bertz CT molecular complexity index is 478. The molecule has 1 saturated carbocycles. The molecule has 4 nitrogen and oxygen atoms in total. The number of rotatable bonds is 5. The summed E-state index contributed by atoms with van der Waals surface area (Å²) >= 11 is 0. The van der Waals surface area contributed by atoms with Gasteiger partial charge < -0.3 is 10.2 Å². The maximum absolute atomic E-state index is 13.2. The summed E-state index contributed by atoms with van der Waals surface area (Å²) in [6, 6.07) is 4.47. The van der Waals surface area contributed by atoms with E-state index in [1.54, 1.807) is 6.20 Å².